The van der Waals surface area contributed by atoms with Gasteiger partial charge in [-0.25, -0.2) is 4.79 Å². The number of hydrogen-bond donors (Lipinski definition) is 1. The summed E-state index contributed by atoms with van der Waals surface area (Å²) in [6.07, 6.45) is 0.469. The Balaban J connectivity index is 1.53. The molecule has 2 saturated heterocycles. The summed E-state index contributed by atoms with van der Waals surface area (Å²) < 4.78 is 18.4. The Morgan fingerprint density at radius 3 is 2.52 bits per heavy atom. The molecule has 0 bridgehead atoms. The summed E-state index contributed by atoms with van der Waals surface area (Å²) in [5, 5.41) is 0. The van der Waals surface area contributed by atoms with Gasteiger partial charge in [-0.3, -0.25) is 0 Å². The number of piperidine rings is 1. The van der Waals surface area contributed by atoms with Crippen molar-refractivity contribution in [1.82, 2.24) is 9.57 Å². The Labute approximate surface area is 149 Å². The number of amides is 1. The van der Waals surface area contributed by atoms with Gasteiger partial charge >= 0.3 is 14.2 Å². The van der Waals surface area contributed by atoms with E-state index in [0.717, 1.165) is 12.0 Å². The van der Waals surface area contributed by atoms with Gasteiger partial charge in [-0.2, -0.15) is 13.9 Å². The van der Waals surface area contributed by atoms with E-state index < -0.39 is 8.09 Å². The molecule has 0 aromatic heterocycles. The zero-order valence-electron chi connectivity index (χ0n) is 14.7. The van der Waals surface area contributed by atoms with Crippen LogP contribution in [0.25, 0.3) is 0 Å². The van der Waals surface area contributed by atoms with Crippen molar-refractivity contribution in [2.45, 2.75) is 39.0 Å². The first-order valence-corrected chi connectivity index (χ1v) is 10.3. The van der Waals surface area contributed by atoms with Gasteiger partial charge in [0.1, 0.15) is 6.61 Å². The lowest BCUT2D eigenvalue weighted by molar-refractivity contribution is 0.0923. The maximum Gasteiger partial charge on any atom is 0.502 e. The van der Waals surface area contributed by atoms with Gasteiger partial charge in [0, 0.05) is 13.1 Å². The van der Waals surface area contributed by atoms with Crippen LogP contribution in [0.15, 0.2) is 30.3 Å². The molecule has 0 saturated carbocycles. The number of hydrogen-bond acceptors (Lipinski definition) is 6. The largest absolute Gasteiger partial charge is 0.502 e. The van der Waals surface area contributed by atoms with Crippen molar-refractivity contribution in [2.24, 2.45) is 0 Å². The Morgan fingerprint density at radius 1 is 1.20 bits per heavy atom. The van der Waals surface area contributed by atoms with Crippen molar-refractivity contribution in [3.63, 3.8) is 0 Å². The summed E-state index contributed by atoms with van der Waals surface area (Å²) in [6, 6.07) is 9.92. The predicted octanol–water partition coefficient (Wildman–Crippen LogP) is 2.82. The molecule has 1 N–H and O–H groups in total. The number of benzene rings is 1. The minimum Gasteiger partial charge on any atom is -0.445 e. The lowest BCUT2D eigenvalue weighted by Crippen LogP contribution is -2.39. The molecule has 1 aromatic carbocycles. The molecule has 3 atom stereocenters. The highest BCUT2D eigenvalue weighted by Gasteiger charge is 2.70. The zero-order valence-corrected chi connectivity index (χ0v) is 15.6. The normalized spacial score (nSPS) is 25.4. The Hall–Kier alpha value is -1.24. The number of fused-ring (bicyclic) bond motifs is 1. The summed E-state index contributed by atoms with van der Waals surface area (Å²) >= 11 is 0. The van der Waals surface area contributed by atoms with Gasteiger partial charge < -0.3 is 9.64 Å². The van der Waals surface area contributed by atoms with Gasteiger partial charge in [0.25, 0.3) is 0 Å². The fourth-order valence-corrected chi connectivity index (χ4v) is 5.51. The average molecular weight is 369 g/mol. The molecule has 7 nitrogen and oxygen atoms in total. The molecule has 0 aliphatic carbocycles. The topological polar surface area (TPSA) is 71.2 Å². The van der Waals surface area contributed by atoms with Crippen LogP contribution in [0.1, 0.15) is 25.8 Å². The van der Waals surface area contributed by atoms with Gasteiger partial charge in [-0.1, -0.05) is 35.0 Å². The van der Waals surface area contributed by atoms with E-state index in [4.69, 9.17) is 13.8 Å². The zero-order chi connectivity index (χ0) is 17.9. The maximum absolute atomic E-state index is 12.3. The molecule has 1 amide bonds. The van der Waals surface area contributed by atoms with Crippen molar-refractivity contribution in [3.8, 4) is 0 Å². The first-order valence-electron chi connectivity index (χ1n) is 8.74. The van der Waals surface area contributed by atoms with Crippen molar-refractivity contribution in [3.05, 3.63) is 35.9 Å². The molecule has 138 valence electrons. The van der Waals surface area contributed by atoms with Crippen LogP contribution in [0, 0.1) is 0 Å². The van der Waals surface area contributed by atoms with E-state index in [-0.39, 0.29) is 24.8 Å². The van der Waals surface area contributed by atoms with Crippen LogP contribution in [-0.4, -0.2) is 58.9 Å². The summed E-state index contributed by atoms with van der Waals surface area (Å²) in [7, 11) is -3.00. The van der Waals surface area contributed by atoms with Crippen molar-refractivity contribution in [2.75, 3.05) is 26.3 Å². The number of nitrogens with zero attached hydrogens (tertiary/aromatic N) is 2. The molecule has 2 fully saturated rings. The number of carbonyl (C=O) groups excluding carboxylic acids is 1. The Kier molecular flexibility index (Phi) is 5.92. The Bertz CT molecular complexity index is 582. The van der Waals surface area contributed by atoms with Gasteiger partial charge in [0.05, 0.1) is 25.3 Å². The minimum atomic E-state index is -3.00. The summed E-state index contributed by atoms with van der Waals surface area (Å²) in [4.78, 5) is 24.7. The molecule has 3 rings (SSSR count). The van der Waals surface area contributed by atoms with E-state index in [2.05, 4.69) is 0 Å². The average Bonchev–Trinajstić information content (AvgIpc) is 3.35. The number of ether oxygens (including phenoxy) is 1. The standard InChI is InChI=1S/C17H26N2O5P/c1-3-23-25(21,24-4-2)19-15-10-11-18(12-16(15)19)17(20)22-13-14-8-6-5-7-9-14/h5-9,15-16,21H,3-4,10-13H2,1-2H3/q+1. The lowest BCUT2D eigenvalue weighted by atomic mass is 10.1. The molecule has 25 heavy (non-hydrogen) atoms. The van der Waals surface area contributed by atoms with Crippen molar-refractivity contribution in [1.29, 1.82) is 0 Å². The third kappa shape index (κ3) is 4.13. The van der Waals surface area contributed by atoms with Crippen LogP contribution < -0.4 is 0 Å². The molecule has 0 radical (unpaired) electrons. The minimum absolute atomic E-state index is 0.0782. The smallest absolute Gasteiger partial charge is 0.445 e. The van der Waals surface area contributed by atoms with E-state index in [1.807, 2.05) is 48.8 Å². The van der Waals surface area contributed by atoms with Crippen LogP contribution in [0.2, 0.25) is 0 Å². The van der Waals surface area contributed by atoms with Crippen LogP contribution in [-0.2, 0) is 20.4 Å². The molecule has 3 unspecified atom stereocenters. The van der Waals surface area contributed by atoms with Gasteiger partial charge in [0.2, 0.25) is 0 Å². The second kappa shape index (κ2) is 7.98. The highest BCUT2D eigenvalue weighted by Crippen LogP contribution is 2.69. The second-order valence-electron chi connectivity index (χ2n) is 6.12. The first-order chi connectivity index (χ1) is 12.1. The van der Waals surface area contributed by atoms with Crippen LogP contribution >= 0.6 is 8.09 Å². The van der Waals surface area contributed by atoms with Crippen LogP contribution in [0.3, 0.4) is 0 Å². The van der Waals surface area contributed by atoms with Gasteiger partial charge in [-0.15, -0.1) is 0 Å². The van der Waals surface area contributed by atoms with Crippen LogP contribution in [0.5, 0.6) is 0 Å². The summed E-state index contributed by atoms with van der Waals surface area (Å²) in [5.41, 5.74) is 0.965. The number of carbonyl (C=O) groups is 1. The second-order valence-corrected chi connectivity index (χ2v) is 8.08. The molecular weight excluding hydrogens is 343 g/mol. The SMILES string of the molecule is CCO[P+](O)(OCC)N1C2CCN(C(=O)OCc3ccccc3)CC21. The summed E-state index contributed by atoms with van der Waals surface area (Å²) in [6.45, 7) is 5.87. The highest BCUT2D eigenvalue weighted by molar-refractivity contribution is 7.58. The molecule has 8 heteroatoms. The molecule has 0 spiro atoms. The number of likely N-dealkylation sites (tertiary alicyclic amines) is 1. The number of rotatable bonds is 7. The molecular formula is C17H26N2O5P+. The van der Waals surface area contributed by atoms with E-state index >= 15 is 0 Å². The van der Waals surface area contributed by atoms with E-state index in [9.17, 15) is 9.69 Å². The first kappa shape index (κ1) is 18.5. The van der Waals surface area contributed by atoms with E-state index in [1.54, 1.807) is 4.90 Å². The third-order valence-corrected chi connectivity index (χ3v) is 6.85. The lowest BCUT2D eigenvalue weighted by Gasteiger charge is -2.23. The van der Waals surface area contributed by atoms with Gasteiger partial charge in [0.15, 0.2) is 0 Å². The molecule has 2 aliphatic rings. The van der Waals surface area contributed by atoms with Crippen LogP contribution in [0.4, 0.5) is 4.79 Å². The quantitative estimate of drug-likeness (QED) is 0.589. The fraction of sp³-hybridized carbons (Fsp3) is 0.588. The molecule has 1 aromatic rings. The third-order valence-electron chi connectivity index (χ3n) is 4.49. The van der Waals surface area contributed by atoms with Crippen molar-refractivity contribution < 1.29 is 23.5 Å². The predicted molar refractivity (Wildman–Crippen MR) is 94.6 cm³/mol. The van der Waals surface area contributed by atoms with Gasteiger partial charge in [-0.05, 0) is 25.8 Å². The molecule has 2 aliphatic heterocycles. The van der Waals surface area contributed by atoms with Crippen molar-refractivity contribution >= 4 is 14.2 Å². The monoisotopic (exact) mass is 369 g/mol. The van der Waals surface area contributed by atoms with E-state index in [0.29, 0.717) is 26.3 Å². The maximum atomic E-state index is 12.3. The van der Waals surface area contributed by atoms with E-state index in [1.165, 1.54) is 0 Å². The Morgan fingerprint density at radius 2 is 1.88 bits per heavy atom. The summed E-state index contributed by atoms with van der Waals surface area (Å²) in [5.74, 6) is 0. The molecule has 2 heterocycles. The highest BCUT2D eigenvalue weighted by atomic mass is 31.2. The fourth-order valence-electron chi connectivity index (χ4n) is 3.31.